The number of carboxylic acid groups (broad SMARTS) is 1. The van der Waals surface area contributed by atoms with Crippen LogP contribution in [0.4, 0.5) is 9.59 Å². The Morgan fingerprint density at radius 3 is 2.13 bits per heavy atom. The second kappa shape index (κ2) is 10.3. The van der Waals surface area contributed by atoms with Gasteiger partial charge in [0.2, 0.25) is 0 Å². The first-order chi connectivity index (χ1) is 18.6. The standard InChI is InChI=1S/C31H30N2O6/c1-31(2,3)39-30(37)33-17-19(20-10-8-9-15-27(20)33)16-26(28(34)35)32-29(36)38-18-25-23-13-6-4-11-21(23)22-12-5-7-14-24(22)25/h4-15,17,25-26H,16,18H2,1-3H3,(H,32,36)(H,34,35)/t26-/m1/s1/i8+1,9+1,10+1,15+1,16+1,17+1,19+1,20+1,26+1,27+1,28+1,32+1,33+1. The largest absolute Gasteiger partial charge is 0.480 e. The summed E-state index contributed by atoms with van der Waals surface area (Å²) >= 11 is 0. The van der Waals surface area contributed by atoms with Crippen molar-refractivity contribution in [1.29, 1.82) is 0 Å². The predicted molar refractivity (Wildman–Crippen MR) is 147 cm³/mol. The molecule has 0 aliphatic heterocycles. The van der Waals surface area contributed by atoms with Crippen LogP contribution in [0.15, 0.2) is 79.0 Å². The Bertz CT molecular complexity index is 1520. The van der Waals surface area contributed by atoms with E-state index in [0.717, 1.165) is 22.3 Å². The van der Waals surface area contributed by atoms with Crippen LogP contribution in [0.2, 0.25) is 0 Å². The van der Waals surface area contributed by atoms with Gasteiger partial charge in [0, 0.05) is 23.9 Å². The molecule has 1 aliphatic carbocycles. The number of carbonyl (C=O) groups excluding carboxylic acids is 2. The number of carboxylic acids is 1. The highest BCUT2D eigenvalue weighted by atomic mass is 16.6. The van der Waals surface area contributed by atoms with Crippen LogP contribution in [-0.4, -0.2) is 46.1 Å². The number of alkyl carbamates (subject to hydrolysis) is 1. The molecule has 0 saturated carbocycles. The summed E-state index contributed by atoms with van der Waals surface area (Å²) < 4.78 is 12.4. The second-order valence-electron chi connectivity index (χ2n) is 10.6. The van der Waals surface area contributed by atoms with E-state index in [-0.39, 0.29) is 18.9 Å². The second-order valence-corrected chi connectivity index (χ2v) is 10.6. The van der Waals surface area contributed by atoms with E-state index < -0.39 is 29.8 Å². The van der Waals surface area contributed by atoms with Gasteiger partial charge in [-0.1, -0.05) is 66.7 Å². The van der Waals surface area contributed by atoms with E-state index in [4.69, 9.17) is 9.47 Å². The molecule has 200 valence electrons. The van der Waals surface area contributed by atoms with E-state index >= 15 is 0 Å². The minimum Gasteiger partial charge on any atom is -0.480 e. The molecule has 1 aliphatic rings. The maximum Gasteiger partial charge on any atom is 0.419 e. The van der Waals surface area contributed by atoms with E-state index in [2.05, 4.69) is 5.32 Å². The summed E-state index contributed by atoms with van der Waals surface area (Å²) in [6.07, 6.45) is 0.130. The molecule has 0 saturated heterocycles. The molecule has 0 radical (unpaired) electrons. The fourth-order valence-electron chi connectivity index (χ4n) is 5.08. The van der Waals surface area contributed by atoms with Crippen LogP contribution in [0.5, 0.6) is 0 Å². The molecular weight excluding hydrogens is 509 g/mol. The molecule has 1 aromatic heterocycles. The summed E-state index contributed by atoms with van der Waals surface area (Å²) in [5.41, 5.74) is 4.82. The fourth-order valence-corrected chi connectivity index (χ4v) is 5.08. The lowest BCUT2D eigenvalue weighted by atomic mass is 9.98. The number of nitrogens with zero attached hydrogens (tertiary/aromatic N) is 1. The van der Waals surface area contributed by atoms with E-state index in [1.165, 1.54) is 4.57 Å². The third-order valence-corrected chi connectivity index (χ3v) is 6.74. The molecular formula is C31H30N2O6. The highest BCUT2D eigenvalue weighted by molar-refractivity contribution is 5.92. The van der Waals surface area contributed by atoms with E-state index in [0.29, 0.717) is 16.5 Å². The van der Waals surface area contributed by atoms with Gasteiger partial charge in [-0.3, -0.25) is 4.57 Å². The monoisotopic (exact) mass is 539 g/mol. The Balaban J connectivity index is 1.31. The minimum absolute atomic E-state index is 0.0458. The van der Waals surface area contributed by atoms with Crippen molar-refractivity contribution in [2.75, 3.05) is 6.61 Å². The highest BCUT2D eigenvalue weighted by Crippen LogP contribution is 2.44. The molecule has 3 aromatic carbocycles. The van der Waals surface area contributed by atoms with Crippen LogP contribution < -0.4 is 5.32 Å². The number of amides is 1. The molecule has 5 rings (SSSR count). The number of aliphatic carboxylic acids is 1. The van der Waals surface area contributed by atoms with Crippen molar-refractivity contribution >= 4 is 29.1 Å². The molecule has 39 heavy (non-hydrogen) atoms. The lowest BCUT2D eigenvalue weighted by molar-refractivity contribution is -0.139. The van der Waals surface area contributed by atoms with Crippen LogP contribution in [0, 0.1) is 0 Å². The van der Waals surface area contributed by atoms with Crippen LogP contribution in [0.25, 0.3) is 22.0 Å². The molecule has 4 aromatic rings. The van der Waals surface area contributed by atoms with Crippen molar-refractivity contribution in [2.45, 2.75) is 44.8 Å². The van der Waals surface area contributed by atoms with Crippen LogP contribution in [0.3, 0.4) is 0 Å². The maximum absolute atomic E-state index is 12.8. The molecule has 1 heterocycles. The molecule has 0 bridgehead atoms. The first kappa shape index (κ1) is 26.0. The molecule has 0 fully saturated rings. The molecule has 8 heteroatoms. The van der Waals surface area contributed by atoms with E-state index in [1.807, 2.05) is 48.5 Å². The van der Waals surface area contributed by atoms with Crippen molar-refractivity contribution in [2.24, 2.45) is 0 Å². The third-order valence-electron chi connectivity index (χ3n) is 6.74. The van der Waals surface area contributed by atoms with Crippen LogP contribution in [0.1, 0.15) is 43.4 Å². The maximum atomic E-state index is 12.8. The van der Waals surface area contributed by atoms with Gasteiger partial charge in [0.1, 0.15) is 18.2 Å². The SMILES string of the molecule is CC(C)(C)OC(=O)[15n]1[13cH][13c]([13CH2][13C@@H]([15NH]C(=O)OCC2c3ccccc3-c3ccccc32)[13C](=O)O)[13c]2[13cH][13cH][13cH][13cH][13c]21. The number of hydrogen-bond acceptors (Lipinski definition) is 5. The smallest absolute Gasteiger partial charge is 0.419 e. The summed E-state index contributed by atoms with van der Waals surface area (Å²) in [7, 11) is 0. The van der Waals surface area contributed by atoms with Crippen molar-refractivity contribution in [3.05, 3.63) is 95.7 Å². The van der Waals surface area contributed by atoms with Gasteiger partial charge in [-0.25, -0.2) is 14.4 Å². The van der Waals surface area contributed by atoms with Gasteiger partial charge in [-0.05, 0) is 54.7 Å². The number of hydrogen-bond donors (Lipinski definition) is 2. The summed E-state index contributed by atoms with van der Waals surface area (Å²) in [6.45, 7) is 5.40. The number of para-hydroxylation sites is 1. The van der Waals surface area contributed by atoms with Gasteiger partial charge in [0.15, 0.2) is 0 Å². The average molecular weight is 539 g/mol. The number of carbonyl (C=O) groups is 3. The summed E-state index contributed by atoms with van der Waals surface area (Å²) in [5.74, 6) is -1.35. The van der Waals surface area contributed by atoms with Crippen molar-refractivity contribution in [1.82, 2.24) is 9.88 Å². The fraction of sp³-hybridized carbons (Fsp3) is 0.258. The zero-order valence-corrected chi connectivity index (χ0v) is 22.0. The summed E-state index contributed by atoms with van der Waals surface area (Å²) in [5, 5.41) is 13.1. The summed E-state index contributed by atoms with van der Waals surface area (Å²) in [6, 6.07) is 21.9. The molecule has 1 amide bonds. The Morgan fingerprint density at radius 2 is 1.51 bits per heavy atom. The van der Waals surface area contributed by atoms with Gasteiger partial charge >= 0.3 is 18.2 Å². The van der Waals surface area contributed by atoms with Crippen molar-refractivity contribution < 1.29 is 29.0 Å². The normalized spacial score (nSPS) is 13.4. The highest BCUT2D eigenvalue weighted by Gasteiger charge is 2.30. The van der Waals surface area contributed by atoms with E-state index in [1.54, 1.807) is 51.2 Å². The number of fused-ring (bicyclic) bond motifs is 4. The average Bonchev–Trinajstić information content (AvgIpc) is 3.42. The zero-order valence-electron chi connectivity index (χ0n) is 22.0. The number of benzene rings is 3. The van der Waals surface area contributed by atoms with E-state index in [9.17, 15) is 19.5 Å². The number of aromatic nitrogens is 1. The van der Waals surface area contributed by atoms with Crippen LogP contribution >= 0.6 is 0 Å². The minimum atomic E-state index is -1.27. The quantitative estimate of drug-likeness (QED) is 0.231. The Labute approximate surface area is 226 Å². The predicted octanol–water partition coefficient (Wildman–Crippen LogP) is 5.96. The number of ether oxygens (including phenoxy) is 2. The molecule has 0 spiro atoms. The molecule has 8 nitrogen and oxygen atoms in total. The summed E-state index contributed by atoms with van der Waals surface area (Å²) in [4.78, 5) is 37.7. The molecule has 0 unspecified atom stereocenters. The lowest BCUT2D eigenvalue weighted by Gasteiger charge is -2.19. The first-order valence-corrected chi connectivity index (χ1v) is 12.8. The first-order valence-electron chi connectivity index (χ1n) is 12.8. The molecule has 2 N–H and O–H groups in total. The van der Waals surface area contributed by atoms with Gasteiger partial charge < -0.3 is 19.9 Å². The zero-order chi connectivity index (χ0) is 27.7. The van der Waals surface area contributed by atoms with Gasteiger partial charge in [-0.15, -0.1) is 0 Å². The Hall–Kier alpha value is -4.59. The van der Waals surface area contributed by atoms with Crippen molar-refractivity contribution in [3.8, 4) is 11.1 Å². The Kier molecular flexibility index (Phi) is 6.87. The van der Waals surface area contributed by atoms with Crippen molar-refractivity contribution in [3.63, 3.8) is 0 Å². The number of rotatable bonds is 6. The third kappa shape index (κ3) is 5.36. The van der Waals surface area contributed by atoms with Crippen LogP contribution in [-0.2, 0) is 20.7 Å². The Morgan fingerprint density at radius 1 is 0.923 bits per heavy atom. The molecule has 1 atom stereocenters. The van der Waals surface area contributed by atoms with Gasteiger partial charge in [0.25, 0.3) is 0 Å². The number of nitrogens with one attached hydrogen (secondary N) is 1. The van der Waals surface area contributed by atoms with Gasteiger partial charge in [0.05, 0.1) is 5.52 Å². The topological polar surface area (TPSA) is 107 Å². The lowest BCUT2D eigenvalue weighted by Crippen LogP contribution is -2.42. The van der Waals surface area contributed by atoms with Gasteiger partial charge in [-0.2, -0.15) is 0 Å².